The molecule has 1 heterocycles. The van der Waals surface area contributed by atoms with Crippen LogP contribution in [0, 0.1) is 0 Å². The Labute approximate surface area is 158 Å². The highest BCUT2D eigenvalue weighted by Gasteiger charge is 2.25. The first-order valence-corrected chi connectivity index (χ1v) is 9.39. The number of carbonyl (C=O) groups excluding carboxylic acids is 1. The van der Waals surface area contributed by atoms with Crippen molar-refractivity contribution in [2.45, 2.75) is 25.3 Å². The van der Waals surface area contributed by atoms with Crippen molar-refractivity contribution < 1.29 is 4.79 Å². The van der Waals surface area contributed by atoms with Crippen molar-refractivity contribution in [2.75, 3.05) is 19.6 Å². The van der Waals surface area contributed by atoms with E-state index in [1.165, 1.54) is 12.8 Å². The molecule has 0 unspecified atom stereocenters. The van der Waals surface area contributed by atoms with Crippen LogP contribution in [0.4, 0.5) is 0 Å². The van der Waals surface area contributed by atoms with E-state index in [0.29, 0.717) is 11.6 Å². The Hall–Kier alpha value is -1.55. The van der Waals surface area contributed by atoms with E-state index in [-0.39, 0.29) is 18.4 Å². The molecule has 0 bridgehead atoms. The molecule has 0 aromatic heterocycles. The van der Waals surface area contributed by atoms with Crippen LogP contribution in [0.15, 0.2) is 48.5 Å². The van der Waals surface area contributed by atoms with Gasteiger partial charge in [-0.1, -0.05) is 59.6 Å². The van der Waals surface area contributed by atoms with Crippen LogP contribution in [0.3, 0.4) is 0 Å². The number of rotatable bonds is 6. The average molecular weight is 377 g/mol. The minimum Gasteiger partial charge on any atom is -0.354 e. The van der Waals surface area contributed by atoms with Gasteiger partial charge in [0, 0.05) is 16.6 Å². The molecule has 2 aromatic rings. The molecule has 5 heteroatoms. The van der Waals surface area contributed by atoms with Gasteiger partial charge in [-0.3, -0.25) is 9.69 Å². The number of nitrogens with one attached hydrogen (secondary N) is 1. The van der Waals surface area contributed by atoms with E-state index in [9.17, 15) is 4.79 Å². The first-order chi connectivity index (χ1) is 12.1. The summed E-state index contributed by atoms with van der Waals surface area (Å²) in [4.78, 5) is 14.8. The normalized spacial score (nSPS) is 15.9. The van der Waals surface area contributed by atoms with E-state index in [1.807, 2.05) is 42.5 Å². The predicted octanol–water partition coefficient (Wildman–Crippen LogP) is 4.49. The molecule has 1 saturated heterocycles. The third kappa shape index (κ3) is 4.75. The van der Waals surface area contributed by atoms with E-state index >= 15 is 0 Å². The topological polar surface area (TPSA) is 32.3 Å². The van der Waals surface area contributed by atoms with Crippen molar-refractivity contribution in [3.8, 4) is 0 Å². The summed E-state index contributed by atoms with van der Waals surface area (Å²) in [5.74, 6) is -0.0237. The zero-order valence-electron chi connectivity index (χ0n) is 14.1. The van der Waals surface area contributed by atoms with Gasteiger partial charge in [0.25, 0.3) is 0 Å². The summed E-state index contributed by atoms with van der Waals surface area (Å²) < 4.78 is 0. The Morgan fingerprint density at radius 3 is 2.32 bits per heavy atom. The van der Waals surface area contributed by atoms with Gasteiger partial charge in [0.05, 0.1) is 12.5 Å². The van der Waals surface area contributed by atoms with Crippen molar-refractivity contribution in [2.24, 2.45) is 0 Å². The number of likely N-dealkylation sites (tertiary alicyclic amines) is 1. The molecule has 1 amide bonds. The third-order valence-corrected chi connectivity index (χ3v) is 5.36. The highest BCUT2D eigenvalue weighted by molar-refractivity contribution is 6.31. The first-order valence-electron chi connectivity index (χ1n) is 8.64. The molecule has 1 aliphatic rings. The maximum Gasteiger partial charge on any atom is 0.224 e. The molecule has 1 atom stereocenters. The number of nitrogens with zero attached hydrogens (tertiary/aromatic N) is 1. The van der Waals surface area contributed by atoms with Gasteiger partial charge in [-0.05, 0) is 49.2 Å². The van der Waals surface area contributed by atoms with Crippen LogP contribution in [-0.2, 0) is 11.2 Å². The maximum absolute atomic E-state index is 12.4. The summed E-state index contributed by atoms with van der Waals surface area (Å²) >= 11 is 12.6. The highest BCUT2D eigenvalue weighted by Crippen LogP contribution is 2.29. The number of carbonyl (C=O) groups is 1. The Morgan fingerprint density at radius 2 is 1.64 bits per heavy atom. The van der Waals surface area contributed by atoms with Gasteiger partial charge < -0.3 is 5.32 Å². The SMILES string of the molecule is O=C(Cc1ccccc1Cl)NC[C@@H](c1ccccc1Cl)N1CCCC1. The summed E-state index contributed by atoms with van der Waals surface area (Å²) in [5, 5.41) is 4.44. The number of halogens is 2. The summed E-state index contributed by atoms with van der Waals surface area (Å²) in [7, 11) is 0. The second-order valence-corrected chi connectivity index (χ2v) is 7.17. The lowest BCUT2D eigenvalue weighted by Crippen LogP contribution is -2.37. The van der Waals surface area contributed by atoms with Crippen LogP contribution in [0.1, 0.15) is 30.0 Å². The smallest absolute Gasteiger partial charge is 0.224 e. The van der Waals surface area contributed by atoms with Crippen molar-refractivity contribution in [3.63, 3.8) is 0 Å². The van der Waals surface area contributed by atoms with E-state index < -0.39 is 0 Å². The Balaban J connectivity index is 1.67. The van der Waals surface area contributed by atoms with Crippen LogP contribution >= 0.6 is 23.2 Å². The molecule has 25 heavy (non-hydrogen) atoms. The molecular formula is C20H22Cl2N2O. The van der Waals surface area contributed by atoms with Crippen LogP contribution < -0.4 is 5.32 Å². The number of hydrogen-bond donors (Lipinski definition) is 1. The molecule has 132 valence electrons. The van der Waals surface area contributed by atoms with Gasteiger partial charge in [-0.25, -0.2) is 0 Å². The van der Waals surface area contributed by atoms with Crippen LogP contribution in [0.5, 0.6) is 0 Å². The van der Waals surface area contributed by atoms with E-state index in [4.69, 9.17) is 23.2 Å². The molecule has 0 aliphatic carbocycles. The first kappa shape index (κ1) is 18.2. The van der Waals surface area contributed by atoms with Gasteiger partial charge in [0.2, 0.25) is 5.91 Å². The summed E-state index contributed by atoms with van der Waals surface area (Å²) in [6.45, 7) is 2.62. The lowest BCUT2D eigenvalue weighted by molar-refractivity contribution is -0.120. The van der Waals surface area contributed by atoms with E-state index in [1.54, 1.807) is 6.07 Å². The summed E-state index contributed by atoms with van der Waals surface area (Å²) in [6.07, 6.45) is 2.66. The number of benzene rings is 2. The van der Waals surface area contributed by atoms with Gasteiger partial charge >= 0.3 is 0 Å². The van der Waals surface area contributed by atoms with E-state index in [0.717, 1.165) is 29.2 Å². The van der Waals surface area contributed by atoms with Crippen LogP contribution in [-0.4, -0.2) is 30.4 Å². The fourth-order valence-corrected chi connectivity index (χ4v) is 3.79. The lowest BCUT2D eigenvalue weighted by Gasteiger charge is -2.29. The Kier molecular flexibility index (Phi) is 6.35. The van der Waals surface area contributed by atoms with Gasteiger partial charge in [-0.15, -0.1) is 0 Å². The van der Waals surface area contributed by atoms with E-state index in [2.05, 4.69) is 10.2 Å². The second kappa shape index (κ2) is 8.70. The van der Waals surface area contributed by atoms with Crippen LogP contribution in [0.25, 0.3) is 0 Å². The predicted molar refractivity (Wildman–Crippen MR) is 103 cm³/mol. The molecule has 1 fully saturated rings. The minimum absolute atomic E-state index is 0.0237. The molecule has 0 radical (unpaired) electrons. The zero-order chi connectivity index (χ0) is 17.6. The van der Waals surface area contributed by atoms with Crippen LogP contribution in [0.2, 0.25) is 10.0 Å². The van der Waals surface area contributed by atoms with Crippen molar-refractivity contribution >= 4 is 29.1 Å². The fraction of sp³-hybridized carbons (Fsp3) is 0.350. The molecule has 3 rings (SSSR count). The molecule has 1 aliphatic heterocycles. The fourth-order valence-electron chi connectivity index (χ4n) is 3.32. The molecular weight excluding hydrogens is 355 g/mol. The highest BCUT2D eigenvalue weighted by atomic mass is 35.5. The minimum atomic E-state index is -0.0237. The quantitative estimate of drug-likeness (QED) is 0.805. The van der Waals surface area contributed by atoms with Gasteiger partial charge in [0.1, 0.15) is 0 Å². The molecule has 2 aromatic carbocycles. The summed E-state index contributed by atoms with van der Waals surface area (Å²) in [5.41, 5.74) is 1.92. The Morgan fingerprint density at radius 1 is 1.00 bits per heavy atom. The van der Waals surface area contributed by atoms with Crippen molar-refractivity contribution in [3.05, 3.63) is 69.7 Å². The van der Waals surface area contributed by atoms with Crippen molar-refractivity contribution in [1.82, 2.24) is 10.2 Å². The molecule has 1 N–H and O–H groups in total. The molecule has 3 nitrogen and oxygen atoms in total. The third-order valence-electron chi connectivity index (χ3n) is 4.65. The van der Waals surface area contributed by atoms with Gasteiger partial charge in [0.15, 0.2) is 0 Å². The number of amides is 1. The molecule has 0 spiro atoms. The maximum atomic E-state index is 12.4. The Bertz CT molecular complexity index is 729. The summed E-state index contributed by atoms with van der Waals surface area (Å²) in [6, 6.07) is 15.4. The lowest BCUT2D eigenvalue weighted by atomic mass is 10.0. The zero-order valence-corrected chi connectivity index (χ0v) is 15.6. The van der Waals surface area contributed by atoms with Crippen molar-refractivity contribution in [1.29, 1.82) is 0 Å². The number of hydrogen-bond acceptors (Lipinski definition) is 2. The second-order valence-electron chi connectivity index (χ2n) is 6.35. The average Bonchev–Trinajstić information content (AvgIpc) is 3.13. The molecule has 0 saturated carbocycles. The largest absolute Gasteiger partial charge is 0.354 e. The van der Waals surface area contributed by atoms with Gasteiger partial charge in [-0.2, -0.15) is 0 Å². The standard InChI is InChI=1S/C20H22Cl2N2O/c21-17-9-3-1-7-15(17)13-20(25)23-14-19(24-11-5-6-12-24)16-8-2-4-10-18(16)22/h1-4,7-10,19H,5-6,11-14H2,(H,23,25)/t19-/m0/s1. The monoisotopic (exact) mass is 376 g/mol.